The number of anilines is 1. The molecule has 178 valence electrons. The molecule has 1 aliphatic heterocycles. The maximum Gasteiger partial charge on any atom is 0.414 e. The van der Waals surface area contributed by atoms with Crippen molar-refractivity contribution in [1.82, 2.24) is 20.2 Å². The highest BCUT2D eigenvalue weighted by Crippen LogP contribution is 2.30. The summed E-state index contributed by atoms with van der Waals surface area (Å²) in [7, 11) is 0. The van der Waals surface area contributed by atoms with Gasteiger partial charge in [-0.15, -0.1) is 5.10 Å². The van der Waals surface area contributed by atoms with E-state index in [0.717, 1.165) is 11.3 Å². The molecule has 0 radical (unpaired) electrons. The maximum absolute atomic E-state index is 15.0. The average molecular weight is 486 g/mol. The molecule has 2 heterocycles. The first-order valence-electron chi connectivity index (χ1n) is 10.7. The standard InChI is InChI=1S/C23H24FN5O4S/c1-14(31)25-10-19-11-29(23(32)33-19)18-6-7-20(21(24)8-18)15-2-4-16(5-3-15)22(12-30)26-9-17-13-34-28-27-17/h2-8,13,19,22,26,30H,9-12H2,1H3,(H,25,31)/t19-,22-/m0/s1. The van der Waals surface area contributed by atoms with Crippen LogP contribution in [0.15, 0.2) is 47.8 Å². The highest BCUT2D eigenvalue weighted by molar-refractivity contribution is 7.03. The fourth-order valence-corrected chi connectivity index (χ4v) is 4.13. The first-order chi connectivity index (χ1) is 16.4. The van der Waals surface area contributed by atoms with Gasteiger partial charge in [0.05, 0.1) is 37.1 Å². The van der Waals surface area contributed by atoms with Crippen LogP contribution in [0.5, 0.6) is 0 Å². The number of carbonyl (C=O) groups excluding carboxylic acids is 2. The third-order valence-corrected chi connectivity index (χ3v) is 6.01. The average Bonchev–Trinajstić information content (AvgIpc) is 3.48. The summed E-state index contributed by atoms with van der Waals surface area (Å²) >= 11 is 1.26. The Balaban J connectivity index is 1.43. The molecule has 3 aromatic rings. The second-order valence-electron chi connectivity index (χ2n) is 7.85. The molecule has 11 heteroatoms. The fraction of sp³-hybridized carbons (Fsp3) is 0.304. The molecule has 3 N–H and O–H groups in total. The molecular weight excluding hydrogens is 461 g/mol. The number of hydrogen-bond donors (Lipinski definition) is 3. The van der Waals surface area contributed by atoms with Gasteiger partial charge >= 0.3 is 6.09 Å². The molecule has 4 rings (SSSR count). The normalized spacial score (nSPS) is 16.4. The van der Waals surface area contributed by atoms with Crippen molar-refractivity contribution in [1.29, 1.82) is 0 Å². The molecule has 1 aromatic heterocycles. The van der Waals surface area contributed by atoms with Crippen molar-refractivity contribution in [3.8, 4) is 11.1 Å². The van der Waals surface area contributed by atoms with Gasteiger partial charge in [0.15, 0.2) is 0 Å². The van der Waals surface area contributed by atoms with Gasteiger partial charge in [-0.25, -0.2) is 9.18 Å². The SMILES string of the molecule is CC(=O)NC[C@H]1CN(c2ccc(-c3ccc([C@H](CO)NCc4csnn4)cc3)c(F)c2)C(=O)O1. The van der Waals surface area contributed by atoms with Gasteiger partial charge in [0.2, 0.25) is 5.91 Å². The highest BCUT2D eigenvalue weighted by Gasteiger charge is 2.32. The number of halogens is 1. The van der Waals surface area contributed by atoms with Gasteiger partial charge in [0.25, 0.3) is 0 Å². The van der Waals surface area contributed by atoms with Crippen molar-refractivity contribution in [3.05, 3.63) is 64.9 Å². The van der Waals surface area contributed by atoms with Gasteiger partial charge in [-0.05, 0) is 40.9 Å². The van der Waals surface area contributed by atoms with E-state index in [-0.39, 0.29) is 31.6 Å². The Morgan fingerprint density at radius 2 is 2.12 bits per heavy atom. The van der Waals surface area contributed by atoms with Crippen LogP contribution in [0, 0.1) is 5.82 Å². The number of amides is 2. The topological polar surface area (TPSA) is 117 Å². The van der Waals surface area contributed by atoms with Crippen LogP contribution in [0.2, 0.25) is 0 Å². The molecule has 34 heavy (non-hydrogen) atoms. The van der Waals surface area contributed by atoms with E-state index in [9.17, 15) is 19.1 Å². The first kappa shape index (κ1) is 23.7. The quantitative estimate of drug-likeness (QED) is 0.427. The molecule has 2 aromatic carbocycles. The maximum atomic E-state index is 15.0. The van der Waals surface area contributed by atoms with Crippen LogP contribution < -0.4 is 15.5 Å². The first-order valence-corrected chi connectivity index (χ1v) is 11.5. The number of benzene rings is 2. The van der Waals surface area contributed by atoms with Crippen LogP contribution in [-0.4, -0.2) is 52.5 Å². The molecule has 1 fully saturated rings. The van der Waals surface area contributed by atoms with Crippen molar-refractivity contribution < 1.29 is 23.8 Å². The largest absolute Gasteiger partial charge is 0.442 e. The lowest BCUT2D eigenvalue weighted by atomic mass is 10.00. The summed E-state index contributed by atoms with van der Waals surface area (Å²) in [6.07, 6.45) is -1.07. The Labute approximate surface area is 199 Å². The Bertz CT molecular complexity index is 1140. The Hall–Kier alpha value is -3.41. The minimum Gasteiger partial charge on any atom is -0.442 e. The second-order valence-corrected chi connectivity index (χ2v) is 8.46. The van der Waals surface area contributed by atoms with Crippen molar-refractivity contribution in [2.75, 3.05) is 24.6 Å². The third kappa shape index (κ3) is 5.56. The molecular formula is C23H24FN5O4S. The molecule has 0 bridgehead atoms. The highest BCUT2D eigenvalue weighted by atomic mass is 32.1. The zero-order chi connectivity index (χ0) is 24.1. The lowest BCUT2D eigenvalue weighted by molar-refractivity contribution is -0.119. The number of aliphatic hydroxyl groups is 1. The van der Waals surface area contributed by atoms with E-state index in [0.29, 0.717) is 23.4 Å². The smallest absolute Gasteiger partial charge is 0.414 e. The molecule has 0 aliphatic carbocycles. The summed E-state index contributed by atoms with van der Waals surface area (Å²) in [6, 6.07) is 11.5. The molecule has 2 atom stereocenters. The van der Waals surface area contributed by atoms with Gasteiger partial charge in [-0.2, -0.15) is 0 Å². The molecule has 0 unspecified atom stereocenters. The molecule has 1 aliphatic rings. The van der Waals surface area contributed by atoms with E-state index in [4.69, 9.17) is 4.74 Å². The third-order valence-electron chi connectivity index (χ3n) is 5.46. The van der Waals surface area contributed by atoms with E-state index in [2.05, 4.69) is 20.2 Å². The summed E-state index contributed by atoms with van der Waals surface area (Å²) in [5, 5.41) is 21.4. The van der Waals surface area contributed by atoms with Crippen molar-refractivity contribution in [2.45, 2.75) is 25.6 Å². The van der Waals surface area contributed by atoms with Gasteiger partial charge in [0.1, 0.15) is 11.9 Å². The number of cyclic esters (lactones) is 1. The number of rotatable bonds is 9. The van der Waals surface area contributed by atoms with E-state index in [1.54, 1.807) is 24.3 Å². The zero-order valence-corrected chi connectivity index (χ0v) is 19.2. The van der Waals surface area contributed by atoms with Crippen LogP contribution in [0.4, 0.5) is 14.9 Å². The monoisotopic (exact) mass is 485 g/mol. The van der Waals surface area contributed by atoms with Gasteiger partial charge in [-0.1, -0.05) is 28.8 Å². The second kappa shape index (κ2) is 10.7. The number of carbonyl (C=O) groups is 2. The molecule has 0 saturated carbocycles. The van der Waals surface area contributed by atoms with Crippen LogP contribution >= 0.6 is 11.5 Å². The molecule has 1 saturated heterocycles. The van der Waals surface area contributed by atoms with Crippen molar-refractivity contribution >= 4 is 29.2 Å². The van der Waals surface area contributed by atoms with Gasteiger partial charge in [0, 0.05) is 24.4 Å². The Morgan fingerprint density at radius 1 is 1.32 bits per heavy atom. The minimum atomic E-state index is -0.581. The van der Waals surface area contributed by atoms with Crippen LogP contribution in [0.1, 0.15) is 24.2 Å². The predicted octanol–water partition coefficient (Wildman–Crippen LogP) is 2.63. The van der Waals surface area contributed by atoms with Crippen LogP contribution in [0.25, 0.3) is 11.1 Å². The van der Waals surface area contributed by atoms with Crippen molar-refractivity contribution in [2.24, 2.45) is 0 Å². The number of aromatic nitrogens is 2. The van der Waals surface area contributed by atoms with E-state index in [1.807, 2.05) is 17.5 Å². The number of nitrogens with one attached hydrogen (secondary N) is 2. The number of nitrogens with zero attached hydrogens (tertiary/aromatic N) is 3. The van der Waals surface area contributed by atoms with E-state index in [1.165, 1.54) is 29.4 Å². The summed E-state index contributed by atoms with van der Waals surface area (Å²) < 4.78 is 24.0. The molecule has 2 amide bonds. The van der Waals surface area contributed by atoms with Crippen LogP contribution in [-0.2, 0) is 16.1 Å². The van der Waals surface area contributed by atoms with Crippen molar-refractivity contribution in [3.63, 3.8) is 0 Å². The summed E-state index contributed by atoms with van der Waals surface area (Å²) in [5.41, 5.74) is 3.09. The minimum absolute atomic E-state index is 0.102. The Kier molecular flexibility index (Phi) is 7.46. The lowest BCUT2D eigenvalue weighted by Crippen LogP contribution is -2.33. The summed E-state index contributed by atoms with van der Waals surface area (Å²) in [5.74, 6) is -0.690. The van der Waals surface area contributed by atoms with Gasteiger partial charge < -0.3 is 20.5 Å². The number of ether oxygens (including phenoxy) is 1. The summed E-state index contributed by atoms with van der Waals surface area (Å²) in [6.45, 7) is 2.18. The number of hydrogen-bond acceptors (Lipinski definition) is 8. The fourth-order valence-electron chi connectivity index (χ4n) is 3.67. The zero-order valence-electron chi connectivity index (χ0n) is 18.4. The van der Waals surface area contributed by atoms with Gasteiger partial charge in [-0.3, -0.25) is 9.69 Å². The summed E-state index contributed by atoms with van der Waals surface area (Å²) in [4.78, 5) is 24.6. The lowest BCUT2D eigenvalue weighted by Gasteiger charge is -2.17. The molecule has 0 spiro atoms. The molecule has 9 nitrogen and oxygen atoms in total. The van der Waals surface area contributed by atoms with E-state index < -0.39 is 18.0 Å². The van der Waals surface area contributed by atoms with Crippen LogP contribution in [0.3, 0.4) is 0 Å². The Morgan fingerprint density at radius 3 is 2.76 bits per heavy atom. The number of aliphatic hydroxyl groups excluding tert-OH is 1. The van der Waals surface area contributed by atoms with E-state index >= 15 is 0 Å². The predicted molar refractivity (Wildman–Crippen MR) is 125 cm³/mol.